The van der Waals surface area contributed by atoms with E-state index in [1.54, 1.807) is 6.20 Å². The molecule has 0 aliphatic heterocycles. The monoisotopic (exact) mass is 274 g/mol. The van der Waals surface area contributed by atoms with Crippen LogP contribution in [0.15, 0.2) is 54.9 Å². The third-order valence-electron chi connectivity index (χ3n) is 3.66. The molecule has 104 valence electrons. The van der Waals surface area contributed by atoms with Gasteiger partial charge in [0.1, 0.15) is 0 Å². The highest BCUT2D eigenvalue weighted by Gasteiger charge is 2.08. The highest BCUT2D eigenvalue weighted by molar-refractivity contribution is 5.70. The van der Waals surface area contributed by atoms with Crippen LogP contribution < -0.4 is 0 Å². The number of hydrogen-bond acceptors (Lipinski definition) is 2. The van der Waals surface area contributed by atoms with Gasteiger partial charge in [0.05, 0.1) is 11.4 Å². The molecule has 2 heterocycles. The summed E-state index contributed by atoms with van der Waals surface area (Å²) < 4.78 is 0. The summed E-state index contributed by atoms with van der Waals surface area (Å²) in [6.07, 6.45) is 3.70. The highest BCUT2D eigenvalue weighted by Crippen LogP contribution is 2.28. The van der Waals surface area contributed by atoms with Gasteiger partial charge in [0.15, 0.2) is 0 Å². The van der Waals surface area contributed by atoms with Crippen molar-refractivity contribution in [1.29, 1.82) is 0 Å². The number of rotatable bonds is 2. The molecule has 0 saturated carbocycles. The SMILES string of the molecule is Cc1cc(C)c(-c2ccc(-c3ccccn3)cn2)c(C)c1. The molecule has 2 nitrogen and oxygen atoms in total. The van der Waals surface area contributed by atoms with Gasteiger partial charge in [-0.15, -0.1) is 0 Å². The molecule has 2 heteroatoms. The van der Waals surface area contributed by atoms with Crippen molar-refractivity contribution in [3.63, 3.8) is 0 Å². The van der Waals surface area contributed by atoms with E-state index in [-0.39, 0.29) is 0 Å². The van der Waals surface area contributed by atoms with Crippen LogP contribution in [0.1, 0.15) is 16.7 Å². The van der Waals surface area contributed by atoms with Crippen molar-refractivity contribution in [1.82, 2.24) is 9.97 Å². The first-order valence-electron chi connectivity index (χ1n) is 7.11. The van der Waals surface area contributed by atoms with E-state index in [0.29, 0.717) is 0 Å². The standard InChI is InChI=1S/C19H18N2/c1-13-10-14(2)19(15(3)11-13)18-8-7-16(12-21-18)17-6-4-5-9-20-17/h4-12H,1-3H3. The lowest BCUT2D eigenvalue weighted by molar-refractivity contribution is 1.25. The van der Waals surface area contributed by atoms with Gasteiger partial charge in [0.2, 0.25) is 0 Å². The van der Waals surface area contributed by atoms with E-state index >= 15 is 0 Å². The zero-order chi connectivity index (χ0) is 14.8. The fourth-order valence-corrected chi connectivity index (χ4v) is 2.81. The van der Waals surface area contributed by atoms with E-state index in [1.165, 1.54) is 22.3 Å². The Hall–Kier alpha value is -2.48. The summed E-state index contributed by atoms with van der Waals surface area (Å²) in [5, 5.41) is 0. The molecule has 3 aromatic rings. The summed E-state index contributed by atoms with van der Waals surface area (Å²) in [6, 6.07) is 14.5. The average Bonchev–Trinajstić information content (AvgIpc) is 2.48. The van der Waals surface area contributed by atoms with Gasteiger partial charge >= 0.3 is 0 Å². The molecule has 0 aliphatic rings. The molecule has 0 N–H and O–H groups in total. The first-order valence-corrected chi connectivity index (χ1v) is 7.11. The van der Waals surface area contributed by atoms with Gasteiger partial charge in [-0.3, -0.25) is 9.97 Å². The van der Waals surface area contributed by atoms with Crippen LogP contribution in [0.25, 0.3) is 22.5 Å². The van der Waals surface area contributed by atoms with Crippen LogP contribution in [0.5, 0.6) is 0 Å². The van der Waals surface area contributed by atoms with Crippen molar-refractivity contribution in [3.8, 4) is 22.5 Å². The van der Waals surface area contributed by atoms with Crippen LogP contribution in [-0.2, 0) is 0 Å². The molecule has 0 bridgehead atoms. The van der Waals surface area contributed by atoms with Gasteiger partial charge in [0.25, 0.3) is 0 Å². The van der Waals surface area contributed by atoms with Gasteiger partial charge in [-0.1, -0.05) is 23.8 Å². The van der Waals surface area contributed by atoms with Gasteiger partial charge in [-0.2, -0.15) is 0 Å². The molecule has 0 radical (unpaired) electrons. The van der Waals surface area contributed by atoms with E-state index in [0.717, 1.165) is 17.0 Å². The highest BCUT2D eigenvalue weighted by atomic mass is 14.7. The maximum absolute atomic E-state index is 4.64. The Balaban J connectivity index is 2.03. The molecule has 0 atom stereocenters. The topological polar surface area (TPSA) is 25.8 Å². The zero-order valence-corrected chi connectivity index (χ0v) is 12.6. The summed E-state index contributed by atoms with van der Waals surface area (Å²) in [4.78, 5) is 8.99. The lowest BCUT2D eigenvalue weighted by atomic mass is 9.96. The van der Waals surface area contributed by atoms with Crippen molar-refractivity contribution < 1.29 is 0 Å². The smallest absolute Gasteiger partial charge is 0.0717 e. The van der Waals surface area contributed by atoms with Crippen molar-refractivity contribution in [3.05, 3.63) is 71.5 Å². The average molecular weight is 274 g/mol. The molecule has 0 aliphatic carbocycles. The quantitative estimate of drug-likeness (QED) is 0.674. The fraction of sp³-hybridized carbons (Fsp3) is 0.158. The van der Waals surface area contributed by atoms with Crippen molar-refractivity contribution in [2.24, 2.45) is 0 Å². The Morgan fingerprint density at radius 1 is 0.762 bits per heavy atom. The second-order valence-electron chi connectivity index (χ2n) is 5.42. The summed E-state index contributed by atoms with van der Waals surface area (Å²) in [5.74, 6) is 0. The Kier molecular flexibility index (Phi) is 3.53. The first-order chi connectivity index (χ1) is 10.1. The summed E-state index contributed by atoms with van der Waals surface area (Å²) in [5.41, 5.74) is 8.07. The van der Waals surface area contributed by atoms with E-state index in [9.17, 15) is 0 Å². The molecular formula is C19H18N2. The van der Waals surface area contributed by atoms with E-state index < -0.39 is 0 Å². The second-order valence-corrected chi connectivity index (χ2v) is 5.42. The third-order valence-corrected chi connectivity index (χ3v) is 3.66. The molecule has 21 heavy (non-hydrogen) atoms. The first kappa shape index (κ1) is 13.5. The Bertz CT molecular complexity index is 736. The molecular weight excluding hydrogens is 256 g/mol. The maximum Gasteiger partial charge on any atom is 0.0717 e. The van der Waals surface area contributed by atoms with Crippen molar-refractivity contribution in [2.75, 3.05) is 0 Å². The number of benzene rings is 1. The Morgan fingerprint density at radius 3 is 2.10 bits per heavy atom. The molecule has 0 saturated heterocycles. The van der Waals surface area contributed by atoms with E-state index in [1.807, 2.05) is 24.4 Å². The summed E-state index contributed by atoms with van der Waals surface area (Å²) >= 11 is 0. The molecule has 3 rings (SSSR count). The Labute approximate surface area is 125 Å². The minimum Gasteiger partial charge on any atom is -0.256 e. The van der Waals surface area contributed by atoms with Crippen LogP contribution >= 0.6 is 0 Å². The van der Waals surface area contributed by atoms with Crippen LogP contribution in [0.3, 0.4) is 0 Å². The van der Waals surface area contributed by atoms with E-state index in [2.05, 4.69) is 55.0 Å². The van der Waals surface area contributed by atoms with Crippen LogP contribution in [0.2, 0.25) is 0 Å². The van der Waals surface area contributed by atoms with Crippen LogP contribution in [0, 0.1) is 20.8 Å². The summed E-state index contributed by atoms with van der Waals surface area (Å²) in [7, 11) is 0. The molecule has 0 unspecified atom stereocenters. The molecule has 0 amide bonds. The minimum atomic E-state index is 0.953. The predicted octanol–water partition coefficient (Wildman–Crippen LogP) is 4.74. The van der Waals surface area contributed by atoms with Gasteiger partial charge in [-0.05, 0) is 56.2 Å². The van der Waals surface area contributed by atoms with Gasteiger partial charge in [0, 0.05) is 23.5 Å². The molecule has 1 aromatic carbocycles. The lowest BCUT2D eigenvalue weighted by Crippen LogP contribution is -1.93. The summed E-state index contributed by atoms with van der Waals surface area (Å²) in [6.45, 7) is 6.41. The second kappa shape index (κ2) is 5.49. The number of aryl methyl sites for hydroxylation is 3. The number of hydrogen-bond donors (Lipinski definition) is 0. The van der Waals surface area contributed by atoms with Crippen LogP contribution in [-0.4, -0.2) is 9.97 Å². The van der Waals surface area contributed by atoms with E-state index in [4.69, 9.17) is 0 Å². The Morgan fingerprint density at radius 2 is 1.52 bits per heavy atom. The molecule has 0 spiro atoms. The fourth-order valence-electron chi connectivity index (χ4n) is 2.81. The van der Waals surface area contributed by atoms with Crippen molar-refractivity contribution in [2.45, 2.75) is 20.8 Å². The van der Waals surface area contributed by atoms with Gasteiger partial charge in [-0.25, -0.2) is 0 Å². The minimum absolute atomic E-state index is 0.953. The zero-order valence-electron chi connectivity index (χ0n) is 12.6. The normalized spacial score (nSPS) is 10.6. The number of aromatic nitrogens is 2. The van der Waals surface area contributed by atoms with Crippen LogP contribution in [0.4, 0.5) is 0 Å². The lowest BCUT2D eigenvalue weighted by Gasteiger charge is -2.11. The third kappa shape index (κ3) is 2.70. The largest absolute Gasteiger partial charge is 0.256 e. The maximum atomic E-state index is 4.64. The number of pyridine rings is 2. The molecule has 2 aromatic heterocycles. The predicted molar refractivity (Wildman–Crippen MR) is 87.1 cm³/mol. The van der Waals surface area contributed by atoms with Crippen molar-refractivity contribution >= 4 is 0 Å². The number of nitrogens with zero attached hydrogens (tertiary/aromatic N) is 2. The molecule has 0 fully saturated rings. The van der Waals surface area contributed by atoms with Gasteiger partial charge < -0.3 is 0 Å².